The lowest BCUT2D eigenvalue weighted by atomic mass is 10.1. The Bertz CT molecular complexity index is 1100. The van der Waals surface area contributed by atoms with Gasteiger partial charge in [0.1, 0.15) is 17.2 Å². The predicted octanol–water partition coefficient (Wildman–Crippen LogP) is 5.50. The van der Waals surface area contributed by atoms with Crippen molar-refractivity contribution in [3.05, 3.63) is 78.8 Å². The van der Waals surface area contributed by atoms with Gasteiger partial charge in [0, 0.05) is 23.2 Å². The molecule has 2 heterocycles. The van der Waals surface area contributed by atoms with E-state index in [9.17, 15) is 0 Å². The van der Waals surface area contributed by atoms with Gasteiger partial charge in [0.05, 0.1) is 5.52 Å². The predicted molar refractivity (Wildman–Crippen MR) is 99.4 cm³/mol. The largest absolute Gasteiger partial charge is 0.458 e. The fourth-order valence-electron chi connectivity index (χ4n) is 3.10. The Morgan fingerprint density at radius 2 is 1.92 bits per heavy atom. The fourth-order valence-corrected chi connectivity index (χ4v) is 3.10. The maximum absolute atomic E-state index is 5.99. The molecule has 0 unspecified atom stereocenters. The summed E-state index contributed by atoms with van der Waals surface area (Å²) in [4.78, 5) is 4.55. The van der Waals surface area contributed by atoms with Crippen molar-refractivity contribution >= 4 is 27.3 Å². The molecule has 0 saturated carbocycles. The highest BCUT2D eigenvalue weighted by Crippen LogP contribution is 2.31. The van der Waals surface area contributed by atoms with Gasteiger partial charge in [0.25, 0.3) is 0 Å². The van der Waals surface area contributed by atoms with Gasteiger partial charge in [0.2, 0.25) is 0 Å². The minimum absolute atomic E-state index is 0.814. The lowest BCUT2D eigenvalue weighted by Crippen LogP contribution is -1.94. The molecular formula is C21H18N2O. The molecule has 0 aliphatic carbocycles. The third-order valence-electron chi connectivity index (χ3n) is 4.18. The second kappa shape index (κ2) is 5.85. The standard InChI is InChI=1S/C21H18N2O/c1-3-7-15(4-2)24-16-10-11-17-18-8-5-6-9-20(18)23-13-12-22-21(23)19(17)14-16/h3-14H,1-2H3/b7-3-,15-4+. The van der Waals surface area contributed by atoms with Crippen LogP contribution in [0.15, 0.2) is 78.8 Å². The summed E-state index contributed by atoms with van der Waals surface area (Å²) in [7, 11) is 0. The van der Waals surface area contributed by atoms with E-state index >= 15 is 0 Å². The van der Waals surface area contributed by atoms with Crippen LogP contribution < -0.4 is 4.74 Å². The van der Waals surface area contributed by atoms with E-state index in [-0.39, 0.29) is 0 Å². The van der Waals surface area contributed by atoms with Crippen LogP contribution in [0.1, 0.15) is 13.8 Å². The average molecular weight is 314 g/mol. The van der Waals surface area contributed by atoms with Crippen molar-refractivity contribution in [3.63, 3.8) is 0 Å². The lowest BCUT2D eigenvalue weighted by Gasteiger charge is -2.11. The number of pyridine rings is 1. The van der Waals surface area contributed by atoms with Crippen molar-refractivity contribution < 1.29 is 4.74 Å². The van der Waals surface area contributed by atoms with E-state index in [0.717, 1.165) is 28.1 Å². The maximum atomic E-state index is 5.99. The van der Waals surface area contributed by atoms with Gasteiger partial charge in [-0.05, 0) is 55.7 Å². The normalized spacial score (nSPS) is 12.7. The summed E-state index contributed by atoms with van der Waals surface area (Å²) >= 11 is 0. The van der Waals surface area contributed by atoms with Crippen molar-refractivity contribution in [2.24, 2.45) is 0 Å². The summed E-state index contributed by atoms with van der Waals surface area (Å²) in [6.45, 7) is 3.95. The Kier molecular flexibility index (Phi) is 3.54. The van der Waals surface area contributed by atoms with Gasteiger partial charge in [-0.2, -0.15) is 0 Å². The highest BCUT2D eigenvalue weighted by molar-refractivity contribution is 6.11. The monoisotopic (exact) mass is 314 g/mol. The summed E-state index contributed by atoms with van der Waals surface area (Å²) in [6, 6.07) is 14.6. The quantitative estimate of drug-likeness (QED) is 0.283. The maximum Gasteiger partial charge on any atom is 0.145 e. The van der Waals surface area contributed by atoms with E-state index in [1.165, 1.54) is 10.8 Å². The molecule has 118 valence electrons. The van der Waals surface area contributed by atoms with Gasteiger partial charge in [0.15, 0.2) is 0 Å². The van der Waals surface area contributed by atoms with Crippen molar-refractivity contribution in [2.45, 2.75) is 13.8 Å². The van der Waals surface area contributed by atoms with Crippen molar-refractivity contribution in [1.29, 1.82) is 0 Å². The van der Waals surface area contributed by atoms with Gasteiger partial charge in [-0.1, -0.05) is 24.3 Å². The Morgan fingerprint density at radius 1 is 1.04 bits per heavy atom. The summed E-state index contributed by atoms with van der Waals surface area (Å²) < 4.78 is 8.12. The molecule has 2 aromatic carbocycles. The highest BCUT2D eigenvalue weighted by Gasteiger charge is 2.10. The molecule has 0 fully saturated rings. The third kappa shape index (κ3) is 2.26. The molecule has 0 saturated heterocycles. The van der Waals surface area contributed by atoms with E-state index in [4.69, 9.17) is 4.74 Å². The van der Waals surface area contributed by atoms with Crippen LogP contribution in [0.5, 0.6) is 5.75 Å². The number of allylic oxidation sites excluding steroid dienone is 3. The number of imidazole rings is 1. The second-order valence-electron chi connectivity index (χ2n) is 5.64. The SMILES string of the molecule is C/C=C\C(=C/C)Oc1ccc2c3ccccc3n3ccnc3c2c1. The van der Waals surface area contributed by atoms with Crippen LogP contribution in [-0.2, 0) is 0 Å². The van der Waals surface area contributed by atoms with E-state index < -0.39 is 0 Å². The van der Waals surface area contributed by atoms with Crippen LogP contribution in [0.2, 0.25) is 0 Å². The molecule has 0 N–H and O–H groups in total. The molecule has 2 aromatic heterocycles. The number of fused-ring (bicyclic) bond motifs is 6. The first-order valence-electron chi connectivity index (χ1n) is 8.06. The molecule has 0 amide bonds. The molecule has 0 bridgehead atoms. The fraction of sp³-hybridized carbons (Fsp3) is 0.0952. The number of hydrogen-bond acceptors (Lipinski definition) is 2. The minimum atomic E-state index is 0.814. The zero-order chi connectivity index (χ0) is 16.5. The lowest BCUT2D eigenvalue weighted by molar-refractivity contribution is 0.444. The average Bonchev–Trinajstić information content (AvgIpc) is 3.11. The number of para-hydroxylation sites is 1. The van der Waals surface area contributed by atoms with Crippen LogP contribution in [-0.4, -0.2) is 9.38 Å². The molecule has 3 heteroatoms. The molecular weight excluding hydrogens is 296 g/mol. The zero-order valence-corrected chi connectivity index (χ0v) is 13.7. The molecule has 0 atom stereocenters. The van der Waals surface area contributed by atoms with Gasteiger partial charge in [-0.15, -0.1) is 0 Å². The number of benzene rings is 2. The van der Waals surface area contributed by atoms with Gasteiger partial charge >= 0.3 is 0 Å². The van der Waals surface area contributed by atoms with E-state index in [2.05, 4.69) is 45.8 Å². The molecule has 0 spiro atoms. The van der Waals surface area contributed by atoms with Crippen molar-refractivity contribution in [3.8, 4) is 5.75 Å². The van der Waals surface area contributed by atoms with Gasteiger partial charge in [-0.3, -0.25) is 4.40 Å². The minimum Gasteiger partial charge on any atom is -0.458 e. The first-order chi connectivity index (χ1) is 11.8. The zero-order valence-electron chi connectivity index (χ0n) is 13.7. The number of nitrogens with zero attached hydrogens (tertiary/aromatic N) is 2. The summed E-state index contributed by atoms with van der Waals surface area (Å²) in [6.07, 6.45) is 9.72. The van der Waals surface area contributed by atoms with E-state index in [1.54, 1.807) is 0 Å². The number of rotatable bonds is 3. The van der Waals surface area contributed by atoms with E-state index in [1.807, 2.05) is 50.5 Å². The van der Waals surface area contributed by atoms with Gasteiger partial charge < -0.3 is 4.74 Å². The Balaban J connectivity index is 1.98. The molecule has 4 rings (SSSR count). The Morgan fingerprint density at radius 3 is 2.75 bits per heavy atom. The Labute approximate surface area is 140 Å². The summed E-state index contributed by atoms with van der Waals surface area (Å²) in [5.74, 6) is 1.64. The van der Waals surface area contributed by atoms with Crippen LogP contribution >= 0.6 is 0 Å². The third-order valence-corrected chi connectivity index (χ3v) is 4.18. The molecule has 24 heavy (non-hydrogen) atoms. The second-order valence-corrected chi connectivity index (χ2v) is 5.64. The molecule has 0 radical (unpaired) electrons. The summed E-state index contributed by atoms with van der Waals surface area (Å²) in [5.41, 5.74) is 2.11. The van der Waals surface area contributed by atoms with Crippen molar-refractivity contribution in [1.82, 2.24) is 9.38 Å². The molecule has 0 aliphatic heterocycles. The smallest absolute Gasteiger partial charge is 0.145 e. The highest BCUT2D eigenvalue weighted by atomic mass is 16.5. The van der Waals surface area contributed by atoms with Crippen LogP contribution in [0.25, 0.3) is 27.3 Å². The topological polar surface area (TPSA) is 26.5 Å². The first kappa shape index (κ1) is 14.5. The van der Waals surface area contributed by atoms with Gasteiger partial charge in [-0.25, -0.2) is 4.98 Å². The molecule has 3 nitrogen and oxygen atoms in total. The molecule has 4 aromatic rings. The van der Waals surface area contributed by atoms with E-state index in [0.29, 0.717) is 0 Å². The van der Waals surface area contributed by atoms with Crippen LogP contribution in [0, 0.1) is 0 Å². The first-order valence-corrected chi connectivity index (χ1v) is 8.06. The number of aromatic nitrogens is 2. The Hall–Kier alpha value is -3.07. The number of hydrogen-bond donors (Lipinski definition) is 0. The van der Waals surface area contributed by atoms with Crippen LogP contribution in [0.4, 0.5) is 0 Å². The van der Waals surface area contributed by atoms with Crippen LogP contribution in [0.3, 0.4) is 0 Å². The molecule has 0 aliphatic rings. The number of ether oxygens (including phenoxy) is 1. The summed E-state index contributed by atoms with van der Waals surface area (Å²) in [5, 5.41) is 3.49. The van der Waals surface area contributed by atoms with Crippen molar-refractivity contribution in [2.75, 3.05) is 0 Å².